The fourth-order valence-corrected chi connectivity index (χ4v) is 3.38. The van der Waals surface area contributed by atoms with Crippen LogP contribution in [0.5, 0.6) is 17.2 Å². The molecule has 0 saturated carbocycles. The monoisotopic (exact) mass is 380 g/mol. The molecule has 2 aromatic heterocycles. The number of pyridine rings is 1. The predicted octanol–water partition coefficient (Wildman–Crippen LogP) is 3.22. The molecule has 1 amide bonds. The van der Waals surface area contributed by atoms with Crippen LogP contribution in [-0.4, -0.2) is 30.2 Å². The normalized spacial score (nSPS) is 10.7. The number of methoxy groups -OCH3 is 2. The molecular weight excluding hydrogens is 368 g/mol. The lowest BCUT2D eigenvalue weighted by atomic mass is 10.2. The van der Waals surface area contributed by atoms with Crippen molar-refractivity contribution in [1.82, 2.24) is 4.98 Å². The topological polar surface area (TPSA) is 101 Å². The van der Waals surface area contributed by atoms with Gasteiger partial charge in [0.2, 0.25) is 0 Å². The van der Waals surface area contributed by atoms with E-state index < -0.39 is 11.5 Å². The lowest BCUT2D eigenvalue weighted by Gasteiger charge is -2.13. The second-order valence-corrected chi connectivity index (χ2v) is 6.31. The highest BCUT2D eigenvalue weighted by atomic mass is 35.5. The predicted molar refractivity (Wildman–Crippen MR) is 96.6 cm³/mol. The van der Waals surface area contributed by atoms with Crippen molar-refractivity contribution in [2.45, 2.75) is 0 Å². The van der Waals surface area contributed by atoms with Crippen LogP contribution >= 0.6 is 22.9 Å². The molecule has 0 aliphatic rings. The number of aromatic hydroxyl groups is 1. The van der Waals surface area contributed by atoms with Gasteiger partial charge >= 0.3 is 0 Å². The molecule has 0 aliphatic carbocycles. The van der Waals surface area contributed by atoms with Crippen molar-refractivity contribution in [3.8, 4) is 17.2 Å². The lowest BCUT2D eigenvalue weighted by molar-refractivity contribution is 0.102. The first-order valence-corrected chi connectivity index (χ1v) is 8.27. The van der Waals surface area contributed by atoms with Gasteiger partial charge in [-0.1, -0.05) is 11.6 Å². The molecule has 3 N–H and O–H groups in total. The molecule has 1 aromatic carbocycles. The third-order valence-electron chi connectivity index (χ3n) is 3.54. The minimum atomic E-state index is -0.781. The second kappa shape index (κ2) is 6.66. The minimum absolute atomic E-state index is 0.249. The van der Waals surface area contributed by atoms with E-state index in [1.165, 1.54) is 37.7 Å². The van der Waals surface area contributed by atoms with Crippen LogP contribution in [0.4, 0.5) is 5.69 Å². The number of fused-ring (bicyclic) bond motifs is 1. The quantitative estimate of drug-likeness (QED) is 0.645. The Morgan fingerprint density at radius 3 is 2.68 bits per heavy atom. The molecule has 0 radical (unpaired) electrons. The Balaban J connectivity index is 2.05. The van der Waals surface area contributed by atoms with Gasteiger partial charge in [-0.05, 0) is 11.4 Å². The summed E-state index contributed by atoms with van der Waals surface area (Å²) in [4.78, 5) is 27.3. The third kappa shape index (κ3) is 3.01. The number of H-pyrrole nitrogens is 1. The number of ether oxygens (including phenoxy) is 2. The van der Waals surface area contributed by atoms with E-state index in [1.807, 2.05) is 0 Å². The van der Waals surface area contributed by atoms with Crippen LogP contribution in [-0.2, 0) is 0 Å². The number of carbonyl (C=O) groups excluding carboxylic acids is 1. The van der Waals surface area contributed by atoms with Crippen LogP contribution in [0.1, 0.15) is 10.4 Å². The molecule has 3 rings (SSSR count). The van der Waals surface area contributed by atoms with Crippen LogP contribution in [0.15, 0.2) is 28.4 Å². The fourth-order valence-electron chi connectivity index (χ4n) is 2.35. The lowest BCUT2D eigenvalue weighted by Crippen LogP contribution is -2.23. The molecule has 7 nitrogen and oxygen atoms in total. The first kappa shape index (κ1) is 17.1. The van der Waals surface area contributed by atoms with Crippen molar-refractivity contribution >= 4 is 44.7 Å². The number of rotatable bonds is 4. The van der Waals surface area contributed by atoms with E-state index in [-0.39, 0.29) is 22.7 Å². The molecule has 2 heterocycles. The molecule has 3 aromatic rings. The Labute approximate surface area is 150 Å². The van der Waals surface area contributed by atoms with Gasteiger partial charge in [0.15, 0.2) is 5.75 Å². The molecule has 9 heteroatoms. The number of amides is 1. The maximum Gasteiger partial charge on any atom is 0.265 e. The summed E-state index contributed by atoms with van der Waals surface area (Å²) in [7, 11) is 2.84. The number of aromatic nitrogens is 1. The number of aromatic amines is 1. The number of hydrogen-bond donors (Lipinski definition) is 3. The summed E-state index contributed by atoms with van der Waals surface area (Å²) < 4.78 is 10.7. The van der Waals surface area contributed by atoms with Gasteiger partial charge in [-0.15, -0.1) is 11.3 Å². The van der Waals surface area contributed by atoms with Gasteiger partial charge in [0.05, 0.1) is 35.1 Å². The Morgan fingerprint density at radius 2 is 2.00 bits per heavy atom. The van der Waals surface area contributed by atoms with Gasteiger partial charge in [-0.25, -0.2) is 0 Å². The Bertz CT molecular complexity index is 1030. The van der Waals surface area contributed by atoms with Crippen molar-refractivity contribution in [1.29, 1.82) is 0 Å². The molecule has 0 bridgehead atoms. The summed E-state index contributed by atoms with van der Waals surface area (Å²) in [5, 5.41) is 14.8. The van der Waals surface area contributed by atoms with Gasteiger partial charge in [0.25, 0.3) is 11.5 Å². The smallest absolute Gasteiger partial charge is 0.265 e. The zero-order chi connectivity index (χ0) is 18.1. The molecule has 25 heavy (non-hydrogen) atoms. The number of nitrogens with one attached hydrogen (secondary N) is 2. The molecule has 0 saturated heterocycles. The largest absolute Gasteiger partial charge is 0.505 e. The van der Waals surface area contributed by atoms with Gasteiger partial charge in [-0.2, -0.15) is 0 Å². The van der Waals surface area contributed by atoms with Crippen molar-refractivity contribution in [3.63, 3.8) is 0 Å². The van der Waals surface area contributed by atoms with Gasteiger partial charge in [0, 0.05) is 12.1 Å². The maximum atomic E-state index is 12.6. The zero-order valence-electron chi connectivity index (χ0n) is 13.2. The number of anilines is 1. The molecule has 0 aliphatic heterocycles. The van der Waals surface area contributed by atoms with Crippen LogP contribution in [0, 0.1) is 0 Å². The fraction of sp³-hybridized carbons (Fsp3) is 0.125. The standard InChI is InChI=1S/C16H13ClN2O5S/c1-23-10-6-9(11(24-2)5-7(10)17)19-16(22)12-13(20)14-8(3-4-25-14)18-15(12)21/h3-6H,1-2H3,(H,19,22)(H2,18,20,21). The van der Waals surface area contributed by atoms with Gasteiger partial charge in [0.1, 0.15) is 17.1 Å². The molecule has 0 atom stereocenters. The summed E-state index contributed by atoms with van der Waals surface area (Å²) in [5.74, 6) is -0.542. The van der Waals surface area contributed by atoms with E-state index in [4.69, 9.17) is 21.1 Å². The summed E-state index contributed by atoms with van der Waals surface area (Å²) >= 11 is 7.24. The summed E-state index contributed by atoms with van der Waals surface area (Å²) in [6.07, 6.45) is 0. The van der Waals surface area contributed by atoms with Crippen molar-refractivity contribution < 1.29 is 19.4 Å². The van der Waals surface area contributed by atoms with E-state index in [0.717, 1.165) is 0 Å². The Hall–Kier alpha value is -2.71. The number of hydrogen-bond acceptors (Lipinski definition) is 6. The number of thiophene rings is 1. The average Bonchev–Trinajstić information content (AvgIpc) is 3.04. The van der Waals surface area contributed by atoms with Crippen LogP contribution < -0.4 is 20.3 Å². The first-order valence-electron chi connectivity index (χ1n) is 7.01. The van der Waals surface area contributed by atoms with E-state index in [0.29, 0.717) is 21.0 Å². The second-order valence-electron chi connectivity index (χ2n) is 4.98. The Morgan fingerprint density at radius 1 is 1.28 bits per heavy atom. The summed E-state index contributed by atoms with van der Waals surface area (Å²) in [6, 6.07) is 4.59. The van der Waals surface area contributed by atoms with E-state index >= 15 is 0 Å². The van der Waals surface area contributed by atoms with Crippen LogP contribution in [0.2, 0.25) is 5.02 Å². The van der Waals surface area contributed by atoms with Crippen molar-refractivity contribution in [3.05, 3.63) is 44.5 Å². The summed E-state index contributed by atoms with van der Waals surface area (Å²) in [6.45, 7) is 0. The third-order valence-corrected chi connectivity index (χ3v) is 4.76. The van der Waals surface area contributed by atoms with Crippen LogP contribution in [0.25, 0.3) is 10.2 Å². The van der Waals surface area contributed by atoms with Crippen LogP contribution in [0.3, 0.4) is 0 Å². The zero-order valence-corrected chi connectivity index (χ0v) is 14.7. The highest BCUT2D eigenvalue weighted by molar-refractivity contribution is 7.17. The summed E-state index contributed by atoms with van der Waals surface area (Å²) in [5.41, 5.74) is -0.361. The minimum Gasteiger partial charge on any atom is -0.505 e. The van der Waals surface area contributed by atoms with Gasteiger partial charge in [-0.3, -0.25) is 9.59 Å². The first-order chi connectivity index (χ1) is 12.0. The van der Waals surface area contributed by atoms with E-state index in [1.54, 1.807) is 11.4 Å². The average molecular weight is 381 g/mol. The molecule has 0 fully saturated rings. The number of halogens is 1. The van der Waals surface area contributed by atoms with Gasteiger partial charge < -0.3 is 24.9 Å². The number of carbonyl (C=O) groups is 1. The molecule has 130 valence electrons. The maximum absolute atomic E-state index is 12.6. The highest BCUT2D eigenvalue weighted by Gasteiger charge is 2.21. The Kier molecular flexibility index (Phi) is 4.56. The molecule has 0 unspecified atom stereocenters. The highest BCUT2D eigenvalue weighted by Crippen LogP contribution is 2.36. The van der Waals surface area contributed by atoms with E-state index in [9.17, 15) is 14.7 Å². The van der Waals surface area contributed by atoms with E-state index in [2.05, 4.69) is 10.3 Å². The molecule has 0 spiro atoms. The SMILES string of the molecule is COc1cc(NC(=O)c2c(O)c3sccc3[nH]c2=O)c(OC)cc1Cl. The van der Waals surface area contributed by atoms with Crippen molar-refractivity contribution in [2.75, 3.05) is 19.5 Å². The van der Waals surface area contributed by atoms with Crippen molar-refractivity contribution in [2.24, 2.45) is 0 Å². The number of benzene rings is 1. The molecular formula is C16H13ClN2O5S.